The highest BCUT2D eigenvalue weighted by Gasteiger charge is 2.05. The van der Waals surface area contributed by atoms with E-state index in [-0.39, 0.29) is 5.97 Å². The lowest BCUT2D eigenvalue weighted by atomic mass is 10.1. The van der Waals surface area contributed by atoms with Crippen molar-refractivity contribution in [2.24, 2.45) is 0 Å². The van der Waals surface area contributed by atoms with Crippen LogP contribution in [0.2, 0.25) is 0 Å². The SMILES string of the molecule is CCCCCCCCOC(=O)C(C)=Cc1ccccc1. The Morgan fingerprint density at radius 1 is 1.05 bits per heavy atom. The monoisotopic (exact) mass is 274 g/mol. The van der Waals surface area contributed by atoms with Crippen LogP contribution in [-0.2, 0) is 9.53 Å². The molecule has 0 aliphatic carbocycles. The molecule has 2 heteroatoms. The molecule has 0 radical (unpaired) electrons. The first kappa shape index (κ1) is 16.5. The predicted octanol–water partition coefficient (Wildman–Crippen LogP) is 4.99. The van der Waals surface area contributed by atoms with E-state index in [0.717, 1.165) is 18.4 Å². The Bertz CT molecular complexity index is 407. The van der Waals surface area contributed by atoms with Crippen LogP contribution in [0.5, 0.6) is 0 Å². The number of esters is 1. The first-order valence-corrected chi connectivity index (χ1v) is 7.64. The van der Waals surface area contributed by atoms with Gasteiger partial charge in [0.05, 0.1) is 6.61 Å². The van der Waals surface area contributed by atoms with E-state index >= 15 is 0 Å². The van der Waals surface area contributed by atoms with Gasteiger partial charge in [0.15, 0.2) is 0 Å². The summed E-state index contributed by atoms with van der Waals surface area (Å²) in [5.41, 5.74) is 1.68. The summed E-state index contributed by atoms with van der Waals surface area (Å²) >= 11 is 0. The van der Waals surface area contributed by atoms with E-state index in [9.17, 15) is 4.79 Å². The molecule has 1 aromatic carbocycles. The molecule has 2 nitrogen and oxygen atoms in total. The van der Waals surface area contributed by atoms with Crippen molar-refractivity contribution in [2.75, 3.05) is 6.61 Å². The standard InChI is InChI=1S/C18H26O2/c1-3-4-5-6-7-11-14-20-18(19)16(2)15-17-12-9-8-10-13-17/h8-10,12-13,15H,3-7,11,14H2,1-2H3. The quantitative estimate of drug-likeness (QED) is 0.360. The maximum atomic E-state index is 11.8. The maximum absolute atomic E-state index is 11.8. The minimum absolute atomic E-state index is 0.206. The van der Waals surface area contributed by atoms with Crippen molar-refractivity contribution in [2.45, 2.75) is 52.4 Å². The van der Waals surface area contributed by atoms with Crippen molar-refractivity contribution in [3.8, 4) is 0 Å². The Balaban J connectivity index is 2.20. The molecule has 1 aromatic rings. The third-order valence-electron chi connectivity index (χ3n) is 3.24. The van der Waals surface area contributed by atoms with Gasteiger partial charge in [0, 0.05) is 5.57 Å². The lowest BCUT2D eigenvalue weighted by molar-refractivity contribution is -0.139. The zero-order valence-corrected chi connectivity index (χ0v) is 12.7. The van der Waals surface area contributed by atoms with Gasteiger partial charge in [-0.1, -0.05) is 69.4 Å². The molecule has 0 spiro atoms. The zero-order valence-electron chi connectivity index (χ0n) is 12.7. The van der Waals surface area contributed by atoms with E-state index in [0.29, 0.717) is 12.2 Å². The smallest absolute Gasteiger partial charge is 0.333 e. The molecule has 0 fully saturated rings. The van der Waals surface area contributed by atoms with Gasteiger partial charge in [-0.2, -0.15) is 0 Å². The van der Waals surface area contributed by atoms with Crippen LogP contribution in [0.1, 0.15) is 57.9 Å². The number of hydrogen-bond acceptors (Lipinski definition) is 2. The van der Waals surface area contributed by atoms with Gasteiger partial charge in [0.2, 0.25) is 0 Å². The Morgan fingerprint density at radius 2 is 1.70 bits per heavy atom. The van der Waals surface area contributed by atoms with Gasteiger partial charge in [-0.05, 0) is 25.0 Å². The Morgan fingerprint density at radius 3 is 2.40 bits per heavy atom. The van der Waals surface area contributed by atoms with Gasteiger partial charge in [0.1, 0.15) is 0 Å². The van der Waals surface area contributed by atoms with Crippen molar-refractivity contribution in [1.29, 1.82) is 0 Å². The normalized spacial score (nSPS) is 11.4. The van der Waals surface area contributed by atoms with Crippen molar-refractivity contribution in [3.63, 3.8) is 0 Å². The fourth-order valence-electron chi connectivity index (χ4n) is 2.02. The number of carbonyl (C=O) groups is 1. The number of hydrogen-bond donors (Lipinski definition) is 0. The summed E-state index contributed by atoms with van der Waals surface area (Å²) in [4.78, 5) is 11.8. The van der Waals surface area contributed by atoms with Crippen LogP contribution in [0.4, 0.5) is 0 Å². The lowest BCUT2D eigenvalue weighted by Gasteiger charge is -2.05. The molecule has 0 aromatic heterocycles. The molecular weight excluding hydrogens is 248 g/mol. The van der Waals surface area contributed by atoms with Crippen LogP contribution in [0.3, 0.4) is 0 Å². The van der Waals surface area contributed by atoms with E-state index < -0.39 is 0 Å². The largest absolute Gasteiger partial charge is 0.462 e. The number of rotatable bonds is 9. The number of benzene rings is 1. The molecule has 0 N–H and O–H groups in total. The summed E-state index contributed by atoms with van der Waals surface area (Å²) in [5, 5.41) is 0. The first-order valence-electron chi connectivity index (χ1n) is 7.64. The highest BCUT2D eigenvalue weighted by molar-refractivity contribution is 5.92. The Kier molecular flexibility index (Phi) is 8.44. The predicted molar refractivity (Wildman–Crippen MR) is 84.4 cm³/mol. The molecule has 0 aliphatic rings. The van der Waals surface area contributed by atoms with Gasteiger partial charge in [0.25, 0.3) is 0 Å². The molecule has 1 rings (SSSR count). The fourth-order valence-corrected chi connectivity index (χ4v) is 2.02. The molecule has 0 saturated carbocycles. The van der Waals surface area contributed by atoms with Gasteiger partial charge in [-0.25, -0.2) is 4.79 Å². The highest BCUT2D eigenvalue weighted by Crippen LogP contribution is 2.09. The molecule has 0 aliphatic heterocycles. The molecule has 0 atom stereocenters. The fraction of sp³-hybridized carbons (Fsp3) is 0.500. The average molecular weight is 274 g/mol. The molecule has 0 bridgehead atoms. The summed E-state index contributed by atoms with van der Waals surface area (Å²) in [6, 6.07) is 9.83. The Labute approximate surface area is 122 Å². The van der Waals surface area contributed by atoms with Gasteiger partial charge in [-0.15, -0.1) is 0 Å². The summed E-state index contributed by atoms with van der Waals surface area (Å²) in [7, 11) is 0. The van der Waals surface area contributed by atoms with Crippen LogP contribution >= 0.6 is 0 Å². The second-order valence-corrected chi connectivity index (χ2v) is 5.14. The highest BCUT2D eigenvalue weighted by atomic mass is 16.5. The molecule has 0 heterocycles. The molecule has 0 saturated heterocycles. The van der Waals surface area contributed by atoms with E-state index in [1.807, 2.05) is 36.4 Å². The van der Waals surface area contributed by atoms with E-state index in [1.165, 1.54) is 25.7 Å². The number of carbonyl (C=O) groups excluding carboxylic acids is 1. The first-order chi connectivity index (χ1) is 9.74. The van der Waals surface area contributed by atoms with E-state index in [2.05, 4.69) is 6.92 Å². The van der Waals surface area contributed by atoms with E-state index in [1.54, 1.807) is 6.92 Å². The number of unbranched alkanes of at least 4 members (excludes halogenated alkanes) is 5. The van der Waals surface area contributed by atoms with Crippen LogP contribution in [-0.4, -0.2) is 12.6 Å². The average Bonchev–Trinajstić information content (AvgIpc) is 2.47. The third-order valence-corrected chi connectivity index (χ3v) is 3.24. The molecule has 20 heavy (non-hydrogen) atoms. The van der Waals surface area contributed by atoms with Gasteiger partial charge < -0.3 is 4.74 Å². The van der Waals surface area contributed by atoms with Crippen LogP contribution in [0.15, 0.2) is 35.9 Å². The summed E-state index contributed by atoms with van der Waals surface area (Å²) in [6.07, 6.45) is 9.07. The molecule has 110 valence electrons. The minimum atomic E-state index is -0.206. The summed E-state index contributed by atoms with van der Waals surface area (Å²) in [6.45, 7) is 4.55. The topological polar surface area (TPSA) is 26.3 Å². The van der Waals surface area contributed by atoms with Gasteiger partial charge in [-0.3, -0.25) is 0 Å². The van der Waals surface area contributed by atoms with Crippen molar-refractivity contribution in [1.82, 2.24) is 0 Å². The maximum Gasteiger partial charge on any atom is 0.333 e. The molecule has 0 amide bonds. The molecule has 0 unspecified atom stereocenters. The van der Waals surface area contributed by atoms with Crippen molar-refractivity contribution >= 4 is 12.0 Å². The van der Waals surface area contributed by atoms with Crippen LogP contribution in [0.25, 0.3) is 6.08 Å². The lowest BCUT2D eigenvalue weighted by Crippen LogP contribution is -2.07. The molecular formula is C18H26O2. The second-order valence-electron chi connectivity index (χ2n) is 5.14. The van der Waals surface area contributed by atoms with Crippen molar-refractivity contribution < 1.29 is 9.53 Å². The minimum Gasteiger partial charge on any atom is -0.462 e. The summed E-state index contributed by atoms with van der Waals surface area (Å²) in [5.74, 6) is -0.206. The van der Waals surface area contributed by atoms with Crippen LogP contribution in [0, 0.1) is 0 Å². The zero-order chi connectivity index (χ0) is 14.6. The van der Waals surface area contributed by atoms with Crippen LogP contribution < -0.4 is 0 Å². The Hall–Kier alpha value is -1.57. The summed E-state index contributed by atoms with van der Waals surface area (Å²) < 4.78 is 5.28. The van der Waals surface area contributed by atoms with E-state index in [4.69, 9.17) is 4.74 Å². The van der Waals surface area contributed by atoms with Crippen molar-refractivity contribution in [3.05, 3.63) is 41.5 Å². The third kappa shape index (κ3) is 7.13. The van der Waals surface area contributed by atoms with Gasteiger partial charge >= 0.3 is 5.97 Å². The number of ether oxygens (including phenoxy) is 1. The second kappa shape index (κ2) is 10.2.